The van der Waals surface area contributed by atoms with Gasteiger partial charge in [-0.2, -0.15) is 0 Å². The van der Waals surface area contributed by atoms with Gasteiger partial charge < -0.3 is 20.1 Å². The second-order valence-corrected chi connectivity index (χ2v) is 4.51. The molecule has 0 aliphatic carbocycles. The number of terminal acetylenes is 1. The predicted octanol–water partition coefficient (Wildman–Crippen LogP) is 2.32. The molecule has 0 heterocycles. The van der Waals surface area contributed by atoms with E-state index in [0.717, 1.165) is 12.8 Å². The molecule has 0 saturated heterocycles. The van der Waals surface area contributed by atoms with Crippen molar-refractivity contribution in [1.82, 2.24) is 4.90 Å². The van der Waals surface area contributed by atoms with E-state index < -0.39 is 0 Å². The third-order valence-corrected chi connectivity index (χ3v) is 2.87. The molecule has 1 aromatic carbocycles. The van der Waals surface area contributed by atoms with E-state index in [9.17, 15) is 4.79 Å². The van der Waals surface area contributed by atoms with Crippen LogP contribution in [-0.4, -0.2) is 42.3 Å². The molecule has 0 aromatic heterocycles. The number of aliphatic hydroxyl groups excluding tert-OH is 1. The molecule has 0 atom stereocenters. The van der Waals surface area contributed by atoms with Crippen molar-refractivity contribution in [3.8, 4) is 18.1 Å². The number of carbonyl (C=O) groups is 1. The van der Waals surface area contributed by atoms with Gasteiger partial charge in [0.25, 0.3) is 0 Å². The van der Waals surface area contributed by atoms with Crippen molar-refractivity contribution in [3.05, 3.63) is 24.3 Å². The van der Waals surface area contributed by atoms with E-state index in [1.165, 1.54) is 0 Å². The summed E-state index contributed by atoms with van der Waals surface area (Å²) >= 11 is 0. The van der Waals surface area contributed by atoms with Gasteiger partial charge in [0.05, 0.1) is 6.61 Å². The van der Waals surface area contributed by atoms with E-state index in [1.54, 1.807) is 29.2 Å². The molecule has 0 radical (unpaired) electrons. The van der Waals surface area contributed by atoms with Crippen molar-refractivity contribution < 1.29 is 14.6 Å². The largest absolute Gasteiger partial charge is 0.481 e. The molecule has 0 fully saturated rings. The maximum Gasteiger partial charge on any atom is 0.321 e. The summed E-state index contributed by atoms with van der Waals surface area (Å²) < 4.78 is 5.26. The number of benzene rings is 1. The molecule has 1 rings (SSSR count). The number of hydrogen-bond acceptors (Lipinski definition) is 3. The molecule has 0 unspecified atom stereocenters. The summed E-state index contributed by atoms with van der Waals surface area (Å²) in [6.45, 7) is 3.19. The van der Waals surface area contributed by atoms with Gasteiger partial charge in [-0.1, -0.05) is 19.3 Å². The number of aliphatic hydroxyl groups is 1. The Bertz CT molecular complexity index is 465. The molecule has 5 nitrogen and oxygen atoms in total. The maximum absolute atomic E-state index is 12.1. The molecule has 21 heavy (non-hydrogen) atoms. The van der Waals surface area contributed by atoms with Crippen molar-refractivity contribution in [2.75, 3.05) is 31.6 Å². The maximum atomic E-state index is 12.1. The first kappa shape index (κ1) is 16.9. The average Bonchev–Trinajstić information content (AvgIpc) is 2.50. The molecule has 0 aliphatic rings. The van der Waals surface area contributed by atoms with E-state index in [1.807, 2.05) is 0 Å². The summed E-state index contributed by atoms with van der Waals surface area (Å²) in [7, 11) is 0. The average molecular weight is 290 g/mol. The molecule has 0 aliphatic heterocycles. The van der Waals surface area contributed by atoms with Crippen LogP contribution in [-0.2, 0) is 0 Å². The lowest BCUT2D eigenvalue weighted by atomic mass is 10.3. The third kappa shape index (κ3) is 6.19. The monoisotopic (exact) mass is 290 g/mol. The number of rotatable bonds is 8. The standard InChI is InChI=1S/C16H22N2O3/c1-3-5-10-18(11-12-19)16(20)17-14-6-8-15(9-7-14)21-13-4-2/h2,6-9,19H,3,5,10-13H2,1H3,(H,17,20). The van der Waals surface area contributed by atoms with Gasteiger partial charge in [-0.15, -0.1) is 6.42 Å². The van der Waals surface area contributed by atoms with Gasteiger partial charge in [0.2, 0.25) is 0 Å². The van der Waals surface area contributed by atoms with Gasteiger partial charge in [-0.05, 0) is 30.7 Å². The van der Waals surface area contributed by atoms with E-state index in [2.05, 4.69) is 18.2 Å². The fourth-order valence-corrected chi connectivity index (χ4v) is 1.75. The van der Waals surface area contributed by atoms with E-state index >= 15 is 0 Å². The Morgan fingerprint density at radius 2 is 2.10 bits per heavy atom. The molecule has 2 amide bonds. The van der Waals surface area contributed by atoms with Crippen LogP contribution in [0.15, 0.2) is 24.3 Å². The van der Waals surface area contributed by atoms with Crippen LogP contribution in [0.3, 0.4) is 0 Å². The lowest BCUT2D eigenvalue weighted by Gasteiger charge is -2.22. The summed E-state index contributed by atoms with van der Waals surface area (Å²) in [6.07, 6.45) is 7.02. The van der Waals surface area contributed by atoms with Crippen LogP contribution >= 0.6 is 0 Å². The second kappa shape index (κ2) is 9.67. The number of nitrogens with one attached hydrogen (secondary N) is 1. The Kier molecular flexibility index (Phi) is 7.77. The molecular formula is C16H22N2O3. The quantitative estimate of drug-likeness (QED) is 0.722. The predicted molar refractivity (Wildman–Crippen MR) is 83.4 cm³/mol. The molecule has 5 heteroatoms. The first-order valence-corrected chi connectivity index (χ1v) is 7.04. The van der Waals surface area contributed by atoms with Crippen molar-refractivity contribution in [2.45, 2.75) is 19.8 Å². The lowest BCUT2D eigenvalue weighted by Crippen LogP contribution is -2.37. The first-order valence-electron chi connectivity index (χ1n) is 7.04. The number of hydrogen-bond donors (Lipinski definition) is 2. The highest BCUT2D eigenvalue weighted by Gasteiger charge is 2.12. The zero-order valence-corrected chi connectivity index (χ0v) is 12.3. The highest BCUT2D eigenvalue weighted by atomic mass is 16.5. The molecule has 0 saturated carbocycles. The van der Waals surface area contributed by atoms with Gasteiger partial charge in [0, 0.05) is 18.8 Å². The minimum Gasteiger partial charge on any atom is -0.481 e. The smallest absolute Gasteiger partial charge is 0.321 e. The van der Waals surface area contributed by atoms with Crippen LogP contribution in [0.4, 0.5) is 10.5 Å². The second-order valence-electron chi connectivity index (χ2n) is 4.51. The SMILES string of the molecule is C#CCOc1ccc(NC(=O)N(CCO)CCCC)cc1. The molecule has 1 aromatic rings. The number of amides is 2. The molecular weight excluding hydrogens is 268 g/mol. The van der Waals surface area contributed by atoms with E-state index in [4.69, 9.17) is 16.3 Å². The summed E-state index contributed by atoms with van der Waals surface area (Å²) in [6, 6.07) is 6.78. The molecule has 0 spiro atoms. The Hall–Kier alpha value is -2.19. The third-order valence-electron chi connectivity index (χ3n) is 2.87. The van der Waals surface area contributed by atoms with Crippen molar-refractivity contribution in [3.63, 3.8) is 0 Å². The van der Waals surface area contributed by atoms with Crippen molar-refractivity contribution >= 4 is 11.7 Å². The summed E-state index contributed by atoms with van der Waals surface area (Å²) in [5.74, 6) is 3.05. The molecule has 0 bridgehead atoms. The van der Waals surface area contributed by atoms with Crippen LogP contribution in [0.2, 0.25) is 0 Å². The van der Waals surface area contributed by atoms with Crippen LogP contribution in [0.25, 0.3) is 0 Å². The summed E-state index contributed by atoms with van der Waals surface area (Å²) in [4.78, 5) is 13.7. The Morgan fingerprint density at radius 1 is 1.38 bits per heavy atom. The molecule has 2 N–H and O–H groups in total. The normalized spacial score (nSPS) is 9.76. The minimum absolute atomic E-state index is 0.0456. The van der Waals surface area contributed by atoms with Crippen LogP contribution in [0.1, 0.15) is 19.8 Å². The number of unbranched alkanes of at least 4 members (excludes halogenated alkanes) is 1. The summed E-state index contributed by atoms with van der Waals surface area (Å²) in [5, 5.41) is 11.8. The van der Waals surface area contributed by atoms with Crippen LogP contribution in [0.5, 0.6) is 5.75 Å². The van der Waals surface area contributed by atoms with Gasteiger partial charge >= 0.3 is 6.03 Å². The zero-order valence-electron chi connectivity index (χ0n) is 12.3. The minimum atomic E-state index is -0.213. The van der Waals surface area contributed by atoms with E-state index in [0.29, 0.717) is 24.5 Å². The zero-order chi connectivity index (χ0) is 15.5. The Labute approximate surface area is 125 Å². The number of nitrogens with zero attached hydrogens (tertiary/aromatic N) is 1. The van der Waals surface area contributed by atoms with Gasteiger partial charge in [-0.25, -0.2) is 4.79 Å². The van der Waals surface area contributed by atoms with Crippen molar-refractivity contribution in [2.24, 2.45) is 0 Å². The van der Waals surface area contributed by atoms with E-state index in [-0.39, 0.29) is 19.2 Å². The number of anilines is 1. The highest BCUT2D eigenvalue weighted by molar-refractivity contribution is 5.89. The van der Waals surface area contributed by atoms with Crippen molar-refractivity contribution in [1.29, 1.82) is 0 Å². The molecule has 114 valence electrons. The fourth-order valence-electron chi connectivity index (χ4n) is 1.75. The van der Waals surface area contributed by atoms with Crippen LogP contribution < -0.4 is 10.1 Å². The van der Waals surface area contributed by atoms with Crippen LogP contribution in [0, 0.1) is 12.3 Å². The highest BCUT2D eigenvalue weighted by Crippen LogP contribution is 2.16. The van der Waals surface area contributed by atoms with Gasteiger partial charge in [-0.3, -0.25) is 0 Å². The Balaban J connectivity index is 2.57. The fraction of sp³-hybridized carbons (Fsp3) is 0.438. The lowest BCUT2D eigenvalue weighted by molar-refractivity contribution is 0.187. The number of ether oxygens (including phenoxy) is 1. The first-order chi connectivity index (χ1) is 10.2. The number of urea groups is 1. The number of carbonyl (C=O) groups excluding carboxylic acids is 1. The van der Waals surface area contributed by atoms with Gasteiger partial charge in [0.1, 0.15) is 12.4 Å². The topological polar surface area (TPSA) is 61.8 Å². The summed E-state index contributed by atoms with van der Waals surface area (Å²) in [5.41, 5.74) is 0.674. The Morgan fingerprint density at radius 3 is 2.67 bits per heavy atom. The van der Waals surface area contributed by atoms with Gasteiger partial charge in [0.15, 0.2) is 0 Å².